The molecule has 0 radical (unpaired) electrons. The average molecular weight is 209 g/mol. The van der Waals surface area contributed by atoms with E-state index in [1.165, 1.54) is 0 Å². The lowest BCUT2D eigenvalue weighted by Crippen LogP contribution is -1.87. The Morgan fingerprint density at radius 1 is 1.12 bits per heavy atom. The molecule has 2 nitrogen and oxygen atoms in total. The maximum atomic E-state index is 5.30. The van der Waals surface area contributed by atoms with Gasteiger partial charge in [0.15, 0.2) is 0 Å². The van der Waals surface area contributed by atoms with Crippen LogP contribution in [0.1, 0.15) is 5.56 Å². The van der Waals surface area contributed by atoms with Gasteiger partial charge in [-0.05, 0) is 29.3 Å². The molecule has 0 atom stereocenters. The summed E-state index contributed by atoms with van der Waals surface area (Å²) in [4.78, 5) is 4.06. The second-order valence-corrected chi connectivity index (χ2v) is 3.31. The summed E-state index contributed by atoms with van der Waals surface area (Å²) in [5, 5.41) is 0. The molecule has 16 heavy (non-hydrogen) atoms. The van der Waals surface area contributed by atoms with Crippen LogP contribution in [0.2, 0.25) is 0 Å². The first-order valence-electron chi connectivity index (χ1n) is 4.90. The summed E-state index contributed by atoms with van der Waals surface area (Å²) in [6.45, 7) is 0. The molecular weight excluding hydrogens is 198 g/mol. The van der Waals surface area contributed by atoms with Crippen LogP contribution < -0.4 is 4.74 Å². The van der Waals surface area contributed by atoms with Crippen molar-refractivity contribution >= 4 is 0 Å². The van der Waals surface area contributed by atoms with Crippen molar-refractivity contribution in [2.24, 2.45) is 0 Å². The fourth-order valence-corrected chi connectivity index (χ4v) is 1.46. The van der Waals surface area contributed by atoms with Crippen LogP contribution in [-0.4, -0.2) is 12.1 Å². The number of pyridine rings is 1. The van der Waals surface area contributed by atoms with E-state index in [9.17, 15) is 0 Å². The maximum Gasteiger partial charge on any atom is 0.213 e. The molecule has 1 aromatic heterocycles. The molecule has 0 saturated carbocycles. The third kappa shape index (κ3) is 2.04. The van der Waals surface area contributed by atoms with Gasteiger partial charge in [0, 0.05) is 17.8 Å². The largest absolute Gasteiger partial charge is 0.481 e. The van der Waals surface area contributed by atoms with Crippen LogP contribution in [-0.2, 0) is 0 Å². The fraction of sp³-hybridized carbons (Fsp3) is 0.0714. The topological polar surface area (TPSA) is 22.1 Å². The normalized spacial score (nSPS) is 9.50. The van der Waals surface area contributed by atoms with Crippen LogP contribution in [0.25, 0.3) is 11.1 Å². The molecule has 1 aromatic carbocycles. The van der Waals surface area contributed by atoms with Gasteiger partial charge < -0.3 is 4.74 Å². The van der Waals surface area contributed by atoms with E-state index < -0.39 is 0 Å². The van der Waals surface area contributed by atoms with E-state index in [4.69, 9.17) is 11.2 Å². The number of ether oxygens (including phenoxy) is 1. The van der Waals surface area contributed by atoms with Gasteiger partial charge in [-0.25, -0.2) is 4.98 Å². The molecule has 2 aromatic rings. The van der Waals surface area contributed by atoms with Gasteiger partial charge in [-0.15, -0.1) is 6.42 Å². The van der Waals surface area contributed by atoms with E-state index in [1.54, 1.807) is 13.3 Å². The number of hydrogen-bond acceptors (Lipinski definition) is 2. The number of nitrogens with zero attached hydrogens (tertiary/aromatic N) is 1. The standard InChI is InChI=1S/C14H11NO/c1-3-11-4-6-12(7-5-11)13-8-9-15-14(10-13)16-2/h1,4-10H,2H3. The molecule has 0 aliphatic rings. The van der Waals surface area contributed by atoms with E-state index in [-0.39, 0.29) is 0 Å². The first-order chi connectivity index (χ1) is 7.83. The van der Waals surface area contributed by atoms with Crippen molar-refractivity contribution in [3.63, 3.8) is 0 Å². The zero-order chi connectivity index (χ0) is 11.4. The molecular formula is C14H11NO. The van der Waals surface area contributed by atoms with Gasteiger partial charge in [0.2, 0.25) is 5.88 Å². The second-order valence-electron chi connectivity index (χ2n) is 3.31. The Morgan fingerprint density at radius 2 is 1.88 bits per heavy atom. The summed E-state index contributed by atoms with van der Waals surface area (Å²) in [5.74, 6) is 3.20. The number of terminal acetylenes is 1. The van der Waals surface area contributed by atoms with Gasteiger partial charge in [-0.3, -0.25) is 0 Å². The number of methoxy groups -OCH3 is 1. The van der Waals surface area contributed by atoms with E-state index in [0.717, 1.165) is 16.7 Å². The van der Waals surface area contributed by atoms with E-state index in [0.29, 0.717) is 5.88 Å². The molecule has 0 bridgehead atoms. The van der Waals surface area contributed by atoms with Gasteiger partial charge >= 0.3 is 0 Å². The number of benzene rings is 1. The molecule has 0 aliphatic carbocycles. The highest BCUT2D eigenvalue weighted by molar-refractivity contribution is 5.64. The number of rotatable bonds is 2. The molecule has 0 aliphatic heterocycles. The summed E-state index contributed by atoms with van der Waals surface area (Å²) in [6, 6.07) is 11.6. The number of hydrogen-bond donors (Lipinski definition) is 0. The lowest BCUT2D eigenvalue weighted by molar-refractivity contribution is 0.398. The summed E-state index contributed by atoms with van der Waals surface area (Å²) < 4.78 is 5.08. The lowest BCUT2D eigenvalue weighted by atomic mass is 10.1. The molecule has 2 heteroatoms. The third-order valence-corrected chi connectivity index (χ3v) is 2.33. The Morgan fingerprint density at radius 3 is 2.50 bits per heavy atom. The lowest BCUT2D eigenvalue weighted by Gasteiger charge is -2.03. The molecule has 0 spiro atoms. The Bertz CT molecular complexity index is 523. The van der Waals surface area contributed by atoms with Crippen LogP contribution in [0.3, 0.4) is 0 Å². The minimum Gasteiger partial charge on any atom is -0.481 e. The van der Waals surface area contributed by atoms with Gasteiger partial charge in [-0.2, -0.15) is 0 Å². The summed E-state index contributed by atoms with van der Waals surface area (Å²) in [6.07, 6.45) is 7.03. The molecule has 0 saturated heterocycles. The highest BCUT2D eigenvalue weighted by Gasteiger charge is 1.99. The average Bonchev–Trinajstić information content (AvgIpc) is 2.39. The molecule has 2 rings (SSSR count). The van der Waals surface area contributed by atoms with Crippen molar-refractivity contribution in [3.8, 4) is 29.4 Å². The van der Waals surface area contributed by atoms with Crippen LogP contribution in [0.4, 0.5) is 0 Å². The summed E-state index contributed by atoms with van der Waals surface area (Å²) in [5.41, 5.74) is 3.04. The molecule has 0 fully saturated rings. The molecule has 78 valence electrons. The minimum atomic E-state index is 0.610. The van der Waals surface area contributed by atoms with Gasteiger partial charge in [-0.1, -0.05) is 18.1 Å². The Labute approximate surface area is 94.9 Å². The Kier molecular flexibility index (Phi) is 2.88. The van der Waals surface area contributed by atoms with Gasteiger partial charge in [0.1, 0.15) is 0 Å². The summed E-state index contributed by atoms with van der Waals surface area (Å²) in [7, 11) is 1.60. The van der Waals surface area contributed by atoms with Crippen LogP contribution in [0.15, 0.2) is 42.6 Å². The minimum absolute atomic E-state index is 0.610. The smallest absolute Gasteiger partial charge is 0.213 e. The molecule has 1 heterocycles. The van der Waals surface area contributed by atoms with Crippen molar-refractivity contribution in [1.82, 2.24) is 4.98 Å². The fourth-order valence-electron chi connectivity index (χ4n) is 1.46. The summed E-state index contributed by atoms with van der Waals surface area (Å²) >= 11 is 0. The van der Waals surface area contributed by atoms with E-state index in [1.807, 2.05) is 36.4 Å². The monoisotopic (exact) mass is 209 g/mol. The molecule has 0 amide bonds. The Balaban J connectivity index is 2.39. The van der Waals surface area contributed by atoms with Crippen molar-refractivity contribution < 1.29 is 4.74 Å². The van der Waals surface area contributed by atoms with Gasteiger partial charge in [0.25, 0.3) is 0 Å². The predicted molar refractivity (Wildman–Crippen MR) is 64.2 cm³/mol. The second kappa shape index (κ2) is 4.50. The van der Waals surface area contributed by atoms with Crippen LogP contribution in [0.5, 0.6) is 5.88 Å². The predicted octanol–water partition coefficient (Wildman–Crippen LogP) is 2.74. The molecule has 0 unspecified atom stereocenters. The first kappa shape index (κ1) is 10.3. The van der Waals surface area contributed by atoms with E-state index in [2.05, 4.69) is 10.9 Å². The van der Waals surface area contributed by atoms with E-state index >= 15 is 0 Å². The number of aromatic nitrogens is 1. The van der Waals surface area contributed by atoms with Crippen molar-refractivity contribution in [1.29, 1.82) is 0 Å². The molecule has 0 N–H and O–H groups in total. The SMILES string of the molecule is C#Cc1ccc(-c2ccnc(OC)c2)cc1. The quantitative estimate of drug-likeness (QED) is 0.709. The van der Waals surface area contributed by atoms with Crippen LogP contribution in [0, 0.1) is 12.3 Å². The van der Waals surface area contributed by atoms with Crippen molar-refractivity contribution in [2.45, 2.75) is 0 Å². The van der Waals surface area contributed by atoms with Crippen LogP contribution >= 0.6 is 0 Å². The zero-order valence-electron chi connectivity index (χ0n) is 8.97. The van der Waals surface area contributed by atoms with Gasteiger partial charge in [0.05, 0.1) is 7.11 Å². The highest BCUT2D eigenvalue weighted by atomic mass is 16.5. The third-order valence-electron chi connectivity index (χ3n) is 2.33. The van der Waals surface area contributed by atoms with Crippen molar-refractivity contribution in [2.75, 3.05) is 7.11 Å². The Hall–Kier alpha value is -2.27. The maximum absolute atomic E-state index is 5.30. The first-order valence-corrected chi connectivity index (χ1v) is 4.90. The zero-order valence-corrected chi connectivity index (χ0v) is 8.97. The highest BCUT2D eigenvalue weighted by Crippen LogP contribution is 2.22. The van der Waals surface area contributed by atoms with Crippen molar-refractivity contribution in [3.05, 3.63) is 48.2 Å².